The number of aryl methyl sites for hydroxylation is 1. The first kappa shape index (κ1) is 12.5. The zero-order valence-corrected chi connectivity index (χ0v) is 9.67. The van der Waals surface area contributed by atoms with Crippen LogP contribution in [0.15, 0.2) is 24.8 Å². The fraction of sp³-hybridized carbons (Fsp3) is 0.167. The monoisotopic (exact) mass is 237 g/mol. The van der Waals surface area contributed by atoms with Gasteiger partial charge in [0.05, 0.1) is 10.7 Å². The van der Waals surface area contributed by atoms with Crippen LogP contribution in [0.3, 0.4) is 0 Å². The lowest BCUT2D eigenvalue weighted by Gasteiger charge is -2.09. The van der Waals surface area contributed by atoms with Crippen molar-refractivity contribution in [3.63, 3.8) is 0 Å². The molecular formula is C12H12ClNO2. The average molecular weight is 238 g/mol. The fourth-order valence-corrected chi connectivity index (χ4v) is 1.55. The predicted molar refractivity (Wildman–Crippen MR) is 65.0 cm³/mol. The molecule has 1 amide bonds. The van der Waals surface area contributed by atoms with Gasteiger partial charge in [-0.15, -0.1) is 0 Å². The normalized spacial score (nSPS) is 9.62. The standard InChI is InChI=1S/C12H12ClNO2/c1-3-8-6-11(14-12(16)4-2)10(13)5-9(8)7-15/h4-7H,2-3H2,1H3,(H,14,16). The summed E-state index contributed by atoms with van der Waals surface area (Å²) in [6.45, 7) is 5.28. The van der Waals surface area contributed by atoms with Crippen LogP contribution >= 0.6 is 11.6 Å². The highest BCUT2D eigenvalue weighted by Gasteiger charge is 2.08. The average Bonchev–Trinajstić information content (AvgIpc) is 2.30. The number of benzene rings is 1. The van der Waals surface area contributed by atoms with Gasteiger partial charge in [-0.25, -0.2) is 0 Å². The van der Waals surface area contributed by atoms with E-state index in [4.69, 9.17) is 11.6 Å². The summed E-state index contributed by atoms with van der Waals surface area (Å²) in [5, 5.41) is 2.92. The SMILES string of the molecule is C=CC(=O)Nc1cc(CC)c(C=O)cc1Cl. The molecule has 16 heavy (non-hydrogen) atoms. The molecule has 0 heterocycles. The maximum absolute atomic E-state index is 11.1. The van der Waals surface area contributed by atoms with Gasteiger partial charge in [-0.3, -0.25) is 9.59 Å². The Hall–Kier alpha value is -1.61. The smallest absolute Gasteiger partial charge is 0.247 e. The second-order valence-corrected chi connectivity index (χ2v) is 3.60. The van der Waals surface area contributed by atoms with E-state index in [1.54, 1.807) is 12.1 Å². The van der Waals surface area contributed by atoms with Gasteiger partial charge in [0.15, 0.2) is 0 Å². The van der Waals surface area contributed by atoms with Crippen molar-refractivity contribution in [1.29, 1.82) is 0 Å². The number of hydrogen-bond donors (Lipinski definition) is 1. The summed E-state index contributed by atoms with van der Waals surface area (Å²) < 4.78 is 0. The molecule has 0 aromatic heterocycles. The van der Waals surface area contributed by atoms with Crippen LogP contribution in [0.25, 0.3) is 0 Å². The number of nitrogens with one attached hydrogen (secondary N) is 1. The van der Waals surface area contributed by atoms with Gasteiger partial charge >= 0.3 is 0 Å². The van der Waals surface area contributed by atoms with E-state index >= 15 is 0 Å². The van der Waals surface area contributed by atoms with Gasteiger partial charge in [0, 0.05) is 5.56 Å². The van der Waals surface area contributed by atoms with Crippen molar-refractivity contribution in [2.45, 2.75) is 13.3 Å². The number of hydrogen-bond acceptors (Lipinski definition) is 2. The molecule has 0 radical (unpaired) electrons. The molecule has 84 valence electrons. The predicted octanol–water partition coefficient (Wildman–Crippen LogP) is 2.84. The molecule has 1 aromatic rings. The number of anilines is 1. The van der Waals surface area contributed by atoms with Crippen molar-refractivity contribution < 1.29 is 9.59 Å². The number of carbonyl (C=O) groups is 2. The van der Waals surface area contributed by atoms with Crippen molar-refractivity contribution in [1.82, 2.24) is 0 Å². The summed E-state index contributed by atoms with van der Waals surface area (Å²) in [5.74, 6) is -0.331. The Kier molecular flexibility index (Phi) is 4.26. The van der Waals surface area contributed by atoms with E-state index in [1.165, 1.54) is 0 Å². The molecule has 0 aliphatic heterocycles. The van der Waals surface area contributed by atoms with Crippen molar-refractivity contribution >= 4 is 29.5 Å². The molecule has 0 spiro atoms. The van der Waals surface area contributed by atoms with Crippen LogP contribution < -0.4 is 5.32 Å². The van der Waals surface area contributed by atoms with E-state index in [0.29, 0.717) is 22.7 Å². The van der Waals surface area contributed by atoms with Crippen LogP contribution in [-0.2, 0) is 11.2 Å². The minimum atomic E-state index is -0.331. The van der Waals surface area contributed by atoms with Gasteiger partial charge in [0.25, 0.3) is 0 Å². The highest BCUT2D eigenvalue weighted by molar-refractivity contribution is 6.34. The molecule has 0 bridgehead atoms. The Morgan fingerprint density at radius 1 is 1.56 bits per heavy atom. The Morgan fingerprint density at radius 2 is 2.25 bits per heavy atom. The highest BCUT2D eigenvalue weighted by atomic mass is 35.5. The van der Waals surface area contributed by atoms with Crippen LogP contribution in [0.4, 0.5) is 5.69 Å². The molecule has 0 atom stereocenters. The fourth-order valence-electron chi connectivity index (χ4n) is 1.33. The van der Waals surface area contributed by atoms with E-state index in [9.17, 15) is 9.59 Å². The van der Waals surface area contributed by atoms with Crippen molar-refractivity contribution in [3.05, 3.63) is 40.9 Å². The lowest BCUT2D eigenvalue weighted by atomic mass is 10.1. The van der Waals surface area contributed by atoms with Crippen LogP contribution in [0.2, 0.25) is 5.02 Å². The van der Waals surface area contributed by atoms with E-state index in [-0.39, 0.29) is 5.91 Å². The van der Waals surface area contributed by atoms with Crippen molar-refractivity contribution in [2.24, 2.45) is 0 Å². The molecule has 0 unspecified atom stereocenters. The molecule has 0 saturated carbocycles. The van der Waals surface area contributed by atoms with Crippen LogP contribution in [-0.4, -0.2) is 12.2 Å². The third kappa shape index (κ3) is 2.70. The summed E-state index contributed by atoms with van der Waals surface area (Å²) in [5.41, 5.74) is 1.89. The van der Waals surface area contributed by atoms with Crippen molar-refractivity contribution in [2.75, 3.05) is 5.32 Å². The second-order valence-electron chi connectivity index (χ2n) is 3.20. The van der Waals surface area contributed by atoms with E-state index < -0.39 is 0 Å². The maximum Gasteiger partial charge on any atom is 0.247 e. The lowest BCUT2D eigenvalue weighted by Crippen LogP contribution is -2.08. The number of halogens is 1. The van der Waals surface area contributed by atoms with Gasteiger partial charge in [-0.1, -0.05) is 25.1 Å². The van der Waals surface area contributed by atoms with E-state index in [1.807, 2.05) is 6.92 Å². The van der Waals surface area contributed by atoms with Gasteiger partial charge in [-0.05, 0) is 30.2 Å². The molecule has 0 aliphatic carbocycles. The molecular weight excluding hydrogens is 226 g/mol. The number of rotatable bonds is 4. The molecule has 0 aliphatic rings. The molecule has 0 saturated heterocycles. The minimum Gasteiger partial charge on any atom is -0.321 e. The molecule has 0 fully saturated rings. The zero-order chi connectivity index (χ0) is 12.1. The number of aldehydes is 1. The largest absolute Gasteiger partial charge is 0.321 e. The van der Waals surface area contributed by atoms with Crippen molar-refractivity contribution in [3.8, 4) is 0 Å². The second kappa shape index (κ2) is 5.47. The lowest BCUT2D eigenvalue weighted by molar-refractivity contribution is -0.111. The number of carbonyl (C=O) groups excluding carboxylic acids is 2. The number of amides is 1. The molecule has 1 aromatic carbocycles. The summed E-state index contributed by atoms with van der Waals surface area (Å²) in [4.78, 5) is 21.9. The van der Waals surface area contributed by atoms with E-state index in [2.05, 4.69) is 11.9 Å². The molecule has 4 heteroatoms. The molecule has 3 nitrogen and oxygen atoms in total. The van der Waals surface area contributed by atoms with Gasteiger partial charge in [0.1, 0.15) is 6.29 Å². The van der Waals surface area contributed by atoms with Crippen LogP contribution in [0, 0.1) is 0 Å². The summed E-state index contributed by atoms with van der Waals surface area (Å²) in [6.07, 6.45) is 2.61. The first-order valence-corrected chi connectivity index (χ1v) is 5.21. The summed E-state index contributed by atoms with van der Waals surface area (Å²) >= 11 is 5.93. The van der Waals surface area contributed by atoms with Crippen LogP contribution in [0.1, 0.15) is 22.8 Å². The van der Waals surface area contributed by atoms with Gasteiger partial charge < -0.3 is 5.32 Å². The Balaban J connectivity index is 3.15. The molecule has 1 rings (SSSR count). The Bertz CT molecular complexity index is 441. The first-order chi connectivity index (χ1) is 7.62. The summed E-state index contributed by atoms with van der Waals surface area (Å²) in [6, 6.07) is 3.25. The Morgan fingerprint density at radius 3 is 2.75 bits per heavy atom. The first-order valence-electron chi connectivity index (χ1n) is 4.83. The topological polar surface area (TPSA) is 46.2 Å². The third-order valence-corrected chi connectivity index (χ3v) is 2.49. The van der Waals surface area contributed by atoms with Gasteiger partial charge in [0.2, 0.25) is 5.91 Å². The quantitative estimate of drug-likeness (QED) is 0.647. The van der Waals surface area contributed by atoms with Crippen LogP contribution in [0.5, 0.6) is 0 Å². The van der Waals surface area contributed by atoms with E-state index in [0.717, 1.165) is 17.9 Å². The highest BCUT2D eigenvalue weighted by Crippen LogP contribution is 2.26. The summed E-state index contributed by atoms with van der Waals surface area (Å²) in [7, 11) is 0. The minimum absolute atomic E-state index is 0.331. The van der Waals surface area contributed by atoms with Gasteiger partial charge in [-0.2, -0.15) is 0 Å². The molecule has 1 N–H and O–H groups in total. The third-order valence-electron chi connectivity index (χ3n) is 2.18. The Labute approximate surface area is 99.1 Å². The zero-order valence-electron chi connectivity index (χ0n) is 8.92. The maximum atomic E-state index is 11.1.